The van der Waals surface area contributed by atoms with Crippen molar-refractivity contribution in [3.8, 4) is 11.5 Å². The normalized spacial score (nSPS) is 16.5. The van der Waals surface area contributed by atoms with E-state index in [0.29, 0.717) is 28.6 Å². The molecular formula is C23H26F2N6O2. The molecule has 33 heavy (non-hydrogen) atoms. The van der Waals surface area contributed by atoms with E-state index in [4.69, 9.17) is 0 Å². The van der Waals surface area contributed by atoms with Crippen LogP contribution in [0.4, 0.5) is 14.5 Å². The largest absolute Gasteiger partial charge is 0.384 e. The van der Waals surface area contributed by atoms with Crippen molar-refractivity contribution in [3.05, 3.63) is 54.0 Å². The molecule has 3 aromatic heterocycles. The fraction of sp³-hybridized carbons (Fsp3) is 0.435. The molecule has 0 saturated heterocycles. The summed E-state index contributed by atoms with van der Waals surface area (Å²) >= 11 is 0. The molecule has 1 aliphatic rings. The fourth-order valence-electron chi connectivity index (χ4n) is 3.84. The first-order valence-corrected chi connectivity index (χ1v) is 10.8. The molecule has 3 aromatic rings. The van der Waals surface area contributed by atoms with Gasteiger partial charge in [0.2, 0.25) is 5.92 Å². The number of carbonyl (C=O) groups excluding carboxylic acids is 1. The van der Waals surface area contributed by atoms with Crippen molar-refractivity contribution < 1.29 is 18.7 Å². The zero-order valence-electron chi connectivity index (χ0n) is 18.7. The Balaban J connectivity index is 1.64. The van der Waals surface area contributed by atoms with E-state index in [-0.39, 0.29) is 37.3 Å². The summed E-state index contributed by atoms with van der Waals surface area (Å²) < 4.78 is 29.1. The van der Waals surface area contributed by atoms with Crippen molar-refractivity contribution in [1.29, 1.82) is 0 Å². The number of imidazole rings is 1. The molecule has 10 heteroatoms. The van der Waals surface area contributed by atoms with Crippen LogP contribution in [0.2, 0.25) is 0 Å². The summed E-state index contributed by atoms with van der Waals surface area (Å²) in [7, 11) is 1.79. The molecule has 1 fully saturated rings. The highest BCUT2D eigenvalue weighted by atomic mass is 19.3. The number of amides is 1. The molecular weight excluding hydrogens is 430 g/mol. The first kappa shape index (κ1) is 22.9. The summed E-state index contributed by atoms with van der Waals surface area (Å²) in [5, 5.41) is 12.8. The third-order valence-corrected chi connectivity index (χ3v) is 5.81. The van der Waals surface area contributed by atoms with Gasteiger partial charge in [0.05, 0.1) is 30.1 Å². The van der Waals surface area contributed by atoms with E-state index in [1.165, 1.54) is 6.20 Å². The number of alkyl halides is 2. The number of hydrogen-bond donors (Lipinski definition) is 2. The van der Waals surface area contributed by atoms with Gasteiger partial charge in [0.25, 0.3) is 5.91 Å². The van der Waals surface area contributed by atoms with Crippen molar-refractivity contribution >= 4 is 11.6 Å². The Bertz CT molecular complexity index is 1140. The number of pyridine rings is 1. The number of aromatic nitrogens is 5. The zero-order chi connectivity index (χ0) is 23.8. The molecule has 0 radical (unpaired) electrons. The maximum absolute atomic E-state index is 13.7. The Morgan fingerprint density at radius 2 is 1.94 bits per heavy atom. The molecule has 0 aliphatic heterocycles. The molecule has 4 rings (SSSR count). The number of halogens is 2. The van der Waals surface area contributed by atoms with Crippen LogP contribution >= 0.6 is 0 Å². The Morgan fingerprint density at radius 3 is 2.52 bits per heavy atom. The van der Waals surface area contributed by atoms with E-state index in [2.05, 4.69) is 25.3 Å². The smallest absolute Gasteiger partial charge is 0.274 e. The molecule has 0 aromatic carbocycles. The number of nitrogens with one attached hydrogen (secondary N) is 1. The topological polar surface area (TPSA) is 106 Å². The van der Waals surface area contributed by atoms with Crippen LogP contribution in [-0.2, 0) is 12.6 Å². The predicted octanol–water partition coefficient (Wildman–Crippen LogP) is 4.04. The number of carbonyl (C=O) groups is 1. The number of rotatable bonds is 5. The number of nitrogens with zero attached hydrogens (tertiary/aromatic N) is 5. The SMILES string of the molecule is Cn1cncc1-c1nc(C(=O)Nc2ccc(C(C)(C)O)nc2)cc(C2CCC(F)(F)CC2)n1. The summed E-state index contributed by atoms with van der Waals surface area (Å²) in [5.41, 5.74) is 1.12. The summed E-state index contributed by atoms with van der Waals surface area (Å²) in [6.07, 6.45) is 4.82. The van der Waals surface area contributed by atoms with Crippen molar-refractivity contribution in [2.75, 3.05) is 5.32 Å². The van der Waals surface area contributed by atoms with E-state index < -0.39 is 17.4 Å². The molecule has 0 bridgehead atoms. The van der Waals surface area contributed by atoms with Gasteiger partial charge in [-0.1, -0.05) is 0 Å². The van der Waals surface area contributed by atoms with Crippen molar-refractivity contribution in [2.24, 2.45) is 7.05 Å². The third kappa shape index (κ3) is 5.22. The minimum Gasteiger partial charge on any atom is -0.384 e. The lowest BCUT2D eigenvalue weighted by Crippen LogP contribution is -2.25. The second-order valence-electron chi connectivity index (χ2n) is 8.97. The minimum atomic E-state index is -2.66. The Labute approximate surface area is 190 Å². The lowest BCUT2D eigenvalue weighted by atomic mass is 9.84. The number of aliphatic hydroxyl groups is 1. The Morgan fingerprint density at radius 1 is 1.21 bits per heavy atom. The zero-order valence-corrected chi connectivity index (χ0v) is 18.7. The first-order chi connectivity index (χ1) is 15.5. The molecule has 1 saturated carbocycles. The van der Waals surface area contributed by atoms with Crippen LogP contribution in [-0.4, -0.2) is 41.4 Å². The highest BCUT2D eigenvalue weighted by molar-refractivity contribution is 6.03. The van der Waals surface area contributed by atoms with Crippen molar-refractivity contribution in [3.63, 3.8) is 0 Å². The van der Waals surface area contributed by atoms with Crippen molar-refractivity contribution in [1.82, 2.24) is 24.5 Å². The minimum absolute atomic E-state index is 0.125. The molecule has 8 nitrogen and oxygen atoms in total. The average Bonchev–Trinajstić information content (AvgIpc) is 3.19. The first-order valence-electron chi connectivity index (χ1n) is 10.8. The van der Waals surface area contributed by atoms with E-state index >= 15 is 0 Å². The maximum atomic E-state index is 13.7. The van der Waals surface area contributed by atoms with Gasteiger partial charge in [-0.3, -0.25) is 9.78 Å². The molecule has 174 valence electrons. The highest BCUT2D eigenvalue weighted by Crippen LogP contribution is 2.40. The summed E-state index contributed by atoms with van der Waals surface area (Å²) in [4.78, 5) is 30.3. The van der Waals surface area contributed by atoms with Gasteiger partial charge in [-0.25, -0.2) is 23.7 Å². The molecule has 1 aliphatic carbocycles. The van der Waals surface area contributed by atoms with Gasteiger partial charge in [-0.2, -0.15) is 0 Å². The molecule has 1 amide bonds. The van der Waals surface area contributed by atoms with Crippen LogP contribution in [0.25, 0.3) is 11.5 Å². The summed E-state index contributed by atoms with van der Waals surface area (Å²) in [6.45, 7) is 3.24. The highest BCUT2D eigenvalue weighted by Gasteiger charge is 2.36. The molecule has 0 unspecified atom stereocenters. The number of hydrogen-bond acceptors (Lipinski definition) is 6. The third-order valence-electron chi connectivity index (χ3n) is 5.81. The molecule has 2 N–H and O–H groups in total. The van der Waals surface area contributed by atoms with Crippen LogP contribution in [0.5, 0.6) is 0 Å². The number of aryl methyl sites for hydroxylation is 1. The van der Waals surface area contributed by atoms with Crippen LogP contribution in [0.1, 0.15) is 67.3 Å². The lowest BCUT2D eigenvalue weighted by molar-refractivity contribution is -0.0384. The van der Waals surface area contributed by atoms with Crippen LogP contribution in [0.3, 0.4) is 0 Å². The maximum Gasteiger partial charge on any atom is 0.274 e. The van der Waals surface area contributed by atoms with Gasteiger partial charge in [0.1, 0.15) is 17.0 Å². The van der Waals surface area contributed by atoms with Crippen LogP contribution in [0.15, 0.2) is 36.9 Å². The lowest BCUT2D eigenvalue weighted by Gasteiger charge is -2.28. The quantitative estimate of drug-likeness (QED) is 0.600. The predicted molar refractivity (Wildman–Crippen MR) is 118 cm³/mol. The fourth-order valence-corrected chi connectivity index (χ4v) is 3.84. The van der Waals surface area contributed by atoms with Crippen LogP contribution in [0, 0.1) is 0 Å². The standard InChI is InChI=1S/C23H26F2N6O2/c1-22(2,33)19-5-4-15(11-27-19)28-21(32)17-10-16(14-6-8-23(24,25)9-7-14)29-20(30-17)18-12-26-13-31(18)3/h4-5,10-14,33H,6-9H2,1-3H3,(H,28,32). The second kappa shape index (κ2) is 8.58. The van der Waals surface area contributed by atoms with Gasteiger partial charge < -0.3 is 15.0 Å². The van der Waals surface area contributed by atoms with Crippen LogP contribution < -0.4 is 5.32 Å². The van der Waals surface area contributed by atoms with E-state index in [0.717, 1.165) is 0 Å². The van der Waals surface area contributed by atoms with E-state index in [9.17, 15) is 18.7 Å². The Hall–Kier alpha value is -3.27. The summed E-state index contributed by atoms with van der Waals surface area (Å²) in [5.74, 6) is -3.00. The Kier molecular flexibility index (Phi) is 5.96. The van der Waals surface area contributed by atoms with Gasteiger partial charge in [0, 0.05) is 31.5 Å². The molecule has 0 atom stereocenters. The van der Waals surface area contributed by atoms with E-state index in [1.54, 1.807) is 56.2 Å². The van der Waals surface area contributed by atoms with E-state index in [1.807, 2.05) is 0 Å². The molecule has 0 spiro atoms. The number of anilines is 1. The monoisotopic (exact) mass is 456 g/mol. The van der Waals surface area contributed by atoms with Gasteiger partial charge in [0.15, 0.2) is 5.82 Å². The van der Waals surface area contributed by atoms with Gasteiger partial charge in [-0.15, -0.1) is 0 Å². The van der Waals surface area contributed by atoms with Crippen molar-refractivity contribution in [2.45, 2.75) is 57.0 Å². The summed E-state index contributed by atoms with van der Waals surface area (Å²) in [6, 6.07) is 4.85. The second-order valence-corrected chi connectivity index (χ2v) is 8.97. The van der Waals surface area contributed by atoms with Gasteiger partial charge in [-0.05, 0) is 44.9 Å². The molecule has 3 heterocycles. The van der Waals surface area contributed by atoms with Gasteiger partial charge >= 0.3 is 0 Å². The average molecular weight is 456 g/mol.